The number of halogens is 1. The summed E-state index contributed by atoms with van der Waals surface area (Å²) in [6.45, 7) is 2.67. The molecule has 0 saturated heterocycles. The van der Waals surface area contributed by atoms with Crippen molar-refractivity contribution in [3.63, 3.8) is 0 Å². The van der Waals surface area contributed by atoms with Gasteiger partial charge in [0.25, 0.3) is 0 Å². The molecule has 6 heteroatoms. The quantitative estimate of drug-likeness (QED) is 0.760. The maximum Gasteiger partial charge on any atom is 0.193 e. The third-order valence-electron chi connectivity index (χ3n) is 3.50. The zero-order valence-electron chi connectivity index (χ0n) is 9.86. The van der Waals surface area contributed by atoms with Gasteiger partial charge in [0.05, 0.1) is 11.3 Å². The molecule has 1 aliphatic heterocycles. The minimum atomic E-state index is -0.729. The Labute approximate surface area is 117 Å². The Morgan fingerprint density at radius 2 is 2.25 bits per heavy atom. The summed E-state index contributed by atoms with van der Waals surface area (Å²) in [4.78, 5) is 6.49. The molecule has 2 aliphatic rings. The number of nitrogens with one attached hydrogen (secondary N) is 1. The molecule has 0 aromatic carbocycles. The Bertz CT molecular complexity index is 304. The zero-order chi connectivity index (χ0) is 10.9. The molecule has 0 amide bonds. The van der Waals surface area contributed by atoms with E-state index in [0.29, 0.717) is 0 Å². The van der Waals surface area contributed by atoms with Crippen LogP contribution in [0.5, 0.6) is 0 Å². The number of guanidine groups is 1. The van der Waals surface area contributed by atoms with Gasteiger partial charge in [-0.25, -0.2) is 0 Å². The average molecular weight is 357 g/mol. The van der Waals surface area contributed by atoms with E-state index >= 15 is 0 Å². The van der Waals surface area contributed by atoms with Crippen LogP contribution in [0.2, 0.25) is 0 Å². The molecule has 1 unspecified atom stereocenters. The molecule has 0 radical (unpaired) electrons. The minimum Gasteiger partial charge on any atom is -0.355 e. The van der Waals surface area contributed by atoms with Gasteiger partial charge in [0, 0.05) is 37.2 Å². The molecule has 1 N–H and O–H groups in total. The molecule has 2 rings (SSSR count). The Morgan fingerprint density at radius 1 is 1.56 bits per heavy atom. The van der Waals surface area contributed by atoms with Crippen molar-refractivity contribution < 1.29 is 4.21 Å². The molecule has 94 valence electrons. The van der Waals surface area contributed by atoms with E-state index in [1.54, 1.807) is 0 Å². The number of nitrogens with zero attached hydrogens (tertiary/aromatic N) is 2. The SMILES string of the molecule is CN1CCN=C1NCC1(S(C)=O)CCC1.I. The molecule has 1 saturated carbocycles. The first-order valence-electron chi connectivity index (χ1n) is 5.47. The summed E-state index contributed by atoms with van der Waals surface area (Å²) in [5.41, 5.74) is 0. The van der Waals surface area contributed by atoms with E-state index in [-0.39, 0.29) is 28.7 Å². The Morgan fingerprint density at radius 3 is 2.62 bits per heavy atom. The molecule has 0 aromatic heterocycles. The summed E-state index contributed by atoms with van der Waals surface area (Å²) < 4.78 is 11.7. The van der Waals surface area contributed by atoms with E-state index in [9.17, 15) is 4.21 Å². The van der Waals surface area contributed by atoms with E-state index < -0.39 is 10.8 Å². The lowest BCUT2D eigenvalue weighted by Crippen LogP contribution is -2.52. The maximum atomic E-state index is 11.7. The predicted molar refractivity (Wildman–Crippen MR) is 79.0 cm³/mol. The van der Waals surface area contributed by atoms with Crippen LogP contribution in [0.25, 0.3) is 0 Å². The van der Waals surface area contributed by atoms with Crippen molar-refractivity contribution in [1.29, 1.82) is 0 Å². The number of hydrogen-bond donors (Lipinski definition) is 1. The molecule has 16 heavy (non-hydrogen) atoms. The Balaban J connectivity index is 0.00000128. The van der Waals surface area contributed by atoms with E-state index in [1.165, 1.54) is 6.42 Å². The van der Waals surface area contributed by atoms with Gasteiger partial charge in [0.2, 0.25) is 0 Å². The smallest absolute Gasteiger partial charge is 0.193 e. The second kappa shape index (κ2) is 5.66. The lowest BCUT2D eigenvalue weighted by Gasteiger charge is -2.40. The lowest BCUT2D eigenvalue weighted by atomic mass is 9.84. The van der Waals surface area contributed by atoms with Crippen LogP contribution in [-0.4, -0.2) is 52.8 Å². The summed E-state index contributed by atoms with van der Waals surface area (Å²) in [6.07, 6.45) is 5.20. The van der Waals surface area contributed by atoms with Crippen LogP contribution in [-0.2, 0) is 10.8 Å². The molecular weight excluding hydrogens is 337 g/mol. The van der Waals surface area contributed by atoms with Gasteiger partial charge in [-0.15, -0.1) is 24.0 Å². The van der Waals surface area contributed by atoms with E-state index in [1.807, 2.05) is 13.3 Å². The van der Waals surface area contributed by atoms with Gasteiger partial charge in [-0.1, -0.05) is 6.42 Å². The molecule has 1 fully saturated rings. The van der Waals surface area contributed by atoms with Crippen molar-refractivity contribution in [2.45, 2.75) is 24.0 Å². The summed E-state index contributed by atoms with van der Waals surface area (Å²) in [5, 5.41) is 3.34. The summed E-state index contributed by atoms with van der Waals surface area (Å²) >= 11 is 0. The highest BCUT2D eigenvalue weighted by Crippen LogP contribution is 2.36. The van der Waals surface area contributed by atoms with Crippen LogP contribution in [0.15, 0.2) is 4.99 Å². The fourth-order valence-electron chi connectivity index (χ4n) is 2.10. The standard InChI is InChI=1S/C10H19N3OS.HI/c1-13-7-6-11-9(13)12-8-10(15(2)14)4-3-5-10;/h3-8H2,1-2H3,(H,11,12);1H. The number of likely N-dealkylation sites (N-methyl/N-ethyl adjacent to an activating group) is 1. The summed E-state index contributed by atoms with van der Waals surface area (Å²) in [5.74, 6) is 0.965. The van der Waals surface area contributed by atoms with E-state index in [2.05, 4.69) is 15.2 Å². The first-order chi connectivity index (χ1) is 7.14. The predicted octanol–water partition coefficient (Wildman–Crippen LogP) is 0.797. The van der Waals surface area contributed by atoms with Crippen molar-refractivity contribution in [3.05, 3.63) is 0 Å². The molecular formula is C10H20IN3OS. The van der Waals surface area contributed by atoms with Crippen molar-refractivity contribution in [2.24, 2.45) is 4.99 Å². The molecule has 4 nitrogen and oxygen atoms in total. The second-order valence-electron chi connectivity index (χ2n) is 4.47. The third-order valence-corrected chi connectivity index (χ3v) is 5.27. The van der Waals surface area contributed by atoms with Crippen molar-refractivity contribution in [1.82, 2.24) is 10.2 Å². The molecule has 1 atom stereocenters. The highest BCUT2D eigenvalue weighted by Gasteiger charge is 2.41. The topological polar surface area (TPSA) is 44.7 Å². The Hall–Kier alpha value is 0.150. The van der Waals surface area contributed by atoms with Gasteiger partial charge in [0.1, 0.15) is 0 Å². The third kappa shape index (κ3) is 2.69. The highest BCUT2D eigenvalue weighted by atomic mass is 127. The molecule has 0 aromatic rings. The number of aliphatic imine (C=N–C) groups is 1. The lowest BCUT2D eigenvalue weighted by molar-refractivity contribution is 0.346. The van der Waals surface area contributed by atoms with Crippen molar-refractivity contribution in [2.75, 3.05) is 32.9 Å². The fourth-order valence-corrected chi connectivity index (χ4v) is 3.24. The number of rotatable bonds is 3. The van der Waals surface area contributed by atoms with Crippen LogP contribution >= 0.6 is 24.0 Å². The molecule has 1 heterocycles. The van der Waals surface area contributed by atoms with Crippen LogP contribution in [0.1, 0.15) is 19.3 Å². The van der Waals surface area contributed by atoms with Crippen LogP contribution in [0, 0.1) is 0 Å². The zero-order valence-corrected chi connectivity index (χ0v) is 13.0. The van der Waals surface area contributed by atoms with Gasteiger partial charge in [-0.2, -0.15) is 0 Å². The number of hydrogen-bond acceptors (Lipinski definition) is 4. The highest BCUT2D eigenvalue weighted by molar-refractivity contribution is 14.0. The fraction of sp³-hybridized carbons (Fsp3) is 0.900. The van der Waals surface area contributed by atoms with Gasteiger partial charge >= 0.3 is 0 Å². The molecule has 1 aliphatic carbocycles. The van der Waals surface area contributed by atoms with Crippen LogP contribution in [0.4, 0.5) is 0 Å². The monoisotopic (exact) mass is 357 g/mol. The van der Waals surface area contributed by atoms with E-state index in [0.717, 1.165) is 38.4 Å². The van der Waals surface area contributed by atoms with Gasteiger partial charge < -0.3 is 10.2 Å². The maximum absolute atomic E-state index is 11.7. The van der Waals surface area contributed by atoms with Crippen molar-refractivity contribution in [3.8, 4) is 0 Å². The summed E-state index contributed by atoms with van der Waals surface area (Å²) in [7, 11) is 1.31. The van der Waals surface area contributed by atoms with Crippen LogP contribution < -0.4 is 5.32 Å². The first kappa shape index (κ1) is 14.2. The normalized spacial score (nSPS) is 24.1. The second-order valence-corrected chi connectivity index (χ2v) is 6.25. The van der Waals surface area contributed by atoms with Gasteiger partial charge in [-0.05, 0) is 12.8 Å². The van der Waals surface area contributed by atoms with Crippen molar-refractivity contribution >= 4 is 40.7 Å². The van der Waals surface area contributed by atoms with Gasteiger partial charge in [0.15, 0.2) is 5.96 Å². The first-order valence-corrected chi connectivity index (χ1v) is 7.03. The minimum absolute atomic E-state index is 0. The largest absolute Gasteiger partial charge is 0.355 e. The average Bonchev–Trinajstić information content (AvgIpc) is 2.49. The Kier molecular flexibility index (Phi) is 5.03. The summed E-state index contributed by atoms with van der Waals surface area (Å²) in [6, 6.07) is 0. The van der Waals surface area contributed by atoms with Crippen LogP contribution in [0.3, 0.4) is 0 Å². The molecule has 0 spiro atoms. The van der Waals surface area contributed by atoms with Gasteiger partial charge in [-0.3, -0.25) is 9.20 Å². The molecule has 0 bridgehead atoms. The van der Waals surface area contributed by atoms with E-state index in [4.69, 9.17) is 0 Å².